The average Bonchev–Trinajstić information content (AvgIpc) is 1.91. The van der Waals surface area contributed by atoms with E-state index >= 15 is 0 Å². The minimum absolute atomic E-state index is 0.447. The van der Waals surface area contributed by atoms with Crippen LogP contribution in [0.5, 0.6) is 0 Å². The predicted molar refractivity (Wildman–Crippen MR) is 34.8 cm³/mol. The molecule has 1 rings (SSSR count). The van der Waals surface area contributed by atoms with Crippen LogP contribution >= 0.6 is 0 Å². The highest BCUT2D eigenvalue weighted by atomic mass is 15.1. The fraction of sp³-hybridized carbons (Fsp3) is 0.333. The van der Waals surface area contributed by atoms with Gasteiger partial charge in [0, 0.05) is 18.6 Å². The Morgan fingerprint density at radius 3 is 3.22 bits per heavy atom. The molecule has 3 heteroatoms. The summed E-state index contributed by atoms with van der Waals surface area (Å²) in [7, 11) is 0. The largest absolute Gasteiger partial charge is 0.358 e. The maximum absolute atomic E-state index is 8.25. The van der Waals surface area contributed by atoms with Crippen molar-refractivity contribution in [3.05, 3.63) is 12.4 Å². The van der Waals surface area contributed by atoms with Gasteiger partial charge in [-0.3, -0.25) is 4.99 Å². The van der Waals surface area contributed by atoms with Crippen LogP contribution in [-0.2, 0) is 0 Å². The van der Waals surface area contributed by atoms with Crippen LogP contribution in [0.1, 0.15) is 0 Å². The second-order valence-electron chi connectivity index (χ2n) is 1.72. The molecule has 0 amide bonds. The summed E-state index contributed by atoms with van der Waals surface area (Å²) in [5, 5.41) is 8.25. The molecule has 0 radical (unpaired) electrons. The van der Waals surface area contributed by atoms with E-state index in [-0.39, 0.29) is 0 Å². The van der Waals surface area contributed by atoms with Crippen LogP contribution in [0.3, 0.4) is 0 Å². The van der Waals surface area contributed by atoms with Gasteiger partial charge in [0.2, 0.25) is 0 Å². The summed E-state index contributed by atoms with van der Waals surface area (Å²) in [6.07, 6.45) is 5.27. The summed E-state index contributed by atoms with van der Waals surface area (Å²) >= 11 is 0. The van der Waals surface area contributed by atoms with Crippen LogP contribution in [0.4, 0.5) is 0 Å². The number of hydrogen-bond donors (Lipinski definition) is 0. The molecule has 0 saturated carbocycles. The van der Waals surface area contributed by atoms with Crippen molar-refractivity contribution >= 4 is 6.21 Å². The van der Waals surface area contributed by atoms with Crippen molar-refractivity contribution in [1.82, 2.24) is 4.90 Å². The van der Waals surface area contributed by atoms with Crippen molar-refractivity contribution < 1.29 is 0 Å². The van der Waals surface area contributed by atoms with Crippen molar-refractivity contribution in [2.24, 2.45) is 4.99 Å². The molecule has 0 fully saturated rings. The molecule has 46 valence electrons. The number of nitriles is 1. The summed E-state index contributed by atoms with van der Waals surface area (Å²) in [5.74, 6) is 0. The van der Waals surface area contributed by atoms with E-state index in [2.05, 4.69) is 11.1 Å². The Morgan fingerprint density at radius 2 is 2.67 bits per heavy atom. The molecule has 1 heterocycles. The lowest BCUT2D eigenvalue weighted by molar-refractivity contribution is 0.478. The molecule has 0 saturated heterocycles. The first kappa shape index (κ1) is 5.83. The number of aliphatic imine (C=N–C) groups is 1. The summed E-state index contributed by atoms with van der Waals surface area (Å²) in [6.45, 7) is 1.20. The lowest BCUT2D eigenvalue weighted by atomic mass is 10.5. The van der Waals surface area contributed by atoms with Crippen LogP contribution in [-0.4, -0.2) is 24.2 Å². The zero-order chi connectivity index (χ0) is 6.53. The zero-order valence-electron chi connectivity index (χ0n) is 4.99. The van der Waals surface area contributed by atoms with Gasteiger partial charge in [-0.2, -0.15) is 5.26 Å². The topological polar surface area (TPSA) is 39.4 Å². The van der Waals surface area contributed by atoms with E-state index in [0.29, 0.717) is 6.54 Å². The fourth-order valence-corrected chi connectivity index (χ4v) is 0.615. The van der Waals surface area contributed by atoms with Gasteiger partial charge in [-0.05, 0) is 0 Å². The van der Waals surface area contributed by atoms with Crippen molar-refractivity contribution in [3.8, 4) is 6.07 Å². The lowest BCUT2D eigenvalue weighted by Crippen LogP contribution is -2.21. The Kier molecular flexibility index (Phi) is 1.86. The number of rotatable bonds is 1. The van der Waals surface area contributed by atoms with Crippen LogP contribution in [0.25, 0.3) is 0 Å². The summed E-state index contributed by atoms with van der Waals surface area (Å²) in [5.41, 5.74) is 0. The van der Waals surface area contributed by atoms with Crippen molar-refractivity contribution in [2.75, 3.05) is 13.1 Å². The summed E-state index contributed by atoms with van der Waals surface area (Å²) in [4.78, 5) is 5.73. The molecule has 0 aromatic rings. The molecule has 0 aliphatic carbocycles. The molecule has 3 nitrogen and oxygen atoms in total. The predicted octanol–water partition coefficient (Wildman–Crippen LogP) is 0.368. The van der Waals surface area contributed by atoms with Gasteiger partial charge in [0.05, 0.1) is 12.6 Å². The molecule has 0 aromatic heterocycles. The Balaban J connectivity index is 2.39. The molecule has 0 spiro atoms. The van der Waals surface area contributed by atoms with Crippen molar-refractivity contribution in [3.63, 3.8) is 0 Å². The molecule has 0 aromatic carbocycles. The fourth-order valence-electron chi connectivity index (χ4n) is 0.615. The van der Waals surface area contributed by atoms with Gasteiger partial charge < -0.3 is 4.90 Å². The normalized spacial score (nSPS) is 15.7. The van der Waals surface area contributed by atoms with Gasteiger partial charge in [-0.1, -0.05) is 0 Å². The maximum Gasteiger partial charge on any atom is 0.105 e. The Bertz CT molecular complexity index is 175. The molecule has 1 aliphatic rings. The molecular weight excluding hydrogens is 114 g/mol. The number of hydrogen-bond acceptors (Lipinski definition) is 3. The Morgan fingerprint density at radius 1 is 1.78 bits per heavy atom. The molecule has 0 bridgehead atoms. The van der Waals surface area contributed by atoms with Gasteiger partial charge >= 0.3 is 0 Å². The lowest BCUT2D eigenvalue weighted by Gasteiger charge is -2.14. The molecule has 9 heavy (non-hydrogen) atoms. The highest BCUT2D eigenvalue weighted by Crippen LogP contribution is 1.91. The standard InChI is InChI=1S/C6H7N3/c7-1-4-9-5-2-8-3-6-9/h2-3,5H,4,6H2. The maximum atomic E-state index is 8.25. The minimum atomic E-state index is 0.447. The highest BCUT2D eigenvalue weighted by molar-refractivity contribution is 5.61. The van der Waals surface area contributed by atoms with E-state index in [0.717, 1.165) is 6.54 Å². The van der Waals surface area contributed by atoms with E-state index in [1.54, 1.807) is 12.4 Å². The van der Waals surface area contributed by atoms with Gasteiger partial charge in [-0.15, -0.1) is 0 Å². The van der Waals surface area contributed by atoms with Crippen LogP contribution in [0.2, 0.25) is 0 Å². The average molecular weight is 121 g/mol. The second kappa shape index (κ2) is 2.88. The molecule has 0 unspecified atom stereocenters. The minimum Gasteiger partial charge on any atom is -0.358 e. The molecule has 0 N–H and O–H groups in total. The zero-order valence-corrected chi connectivity index (χ0v) is 4.99. The SMILES string of the molecule is N#CCN1C=CN=CC1. The van der Waals surface area contributed by atoms with Gasteiger partial charge in [-0.25, -0.2) is 0 Å². The van der Waals surface area contributed by atoms with E-state index in [4.69, 9.17) is 5.26 Å². The second-order valence-corrected chi connectivity index (χ2v) is 1.72. The Labute approximate surface area is 53.9 Å². The van der Waals surface area contributed by atoms with E-state index in [1.165, 1.54) is 0 Å². The van der Waals surface area contributed by atoms with Gasteiger partial charge in [0.1, 0.15) is 6.54 Å². The summed E-state index contributed by atoms with van der Waals surface area (Å²) < 4.78 is 0. The number of nitrogens with zero attached hydrogens (tertiary/aromatic N) is 3. The van der Waals surface area contributed by atoms with Crippen LogP contribution in [0.15, 0.2) is 17.4 Å². The highest BCUT2D eigenvalue weighted by Gasteiger charge is 1.96. The molecule has 0 atom stereocenters. The van der Waals surface area contributed by atoms with E-state index in [9.17, 15) is 0 Å². The summed E-state index contributed by atoms with van der Waals surface area (Å²) in [6, 6.07) is 2.05. The van der Waals surface area contributed by atoms with Crippen molar-refractivity contribution in [1.29, 1.82) is 5.26 Å². The Hall–Kier alpha value is -1.30. The third kappa shape index (κ3) is 1.57. The van der Waals surface area contributed by atoms with Crippen molar-refractivity contribution in [2.45, 2.75) is 0 Å². The van der Waals surface area contributed by atoms with Crippen LogP contribution in [0, 0.1) is 11.3 Å². The van der Waals surface area contributed by atoms with Crippen LogP contribution < -0.4 is 0 Å². The van der Waals surface area contributed by atoms with E-state index < -0.39 is 0 Å². The quantitative estimate of drug-likeness (QED) is 0.470. The van der Waals surface area contributed by atoms with E-state index in [1.807, 2.05) is 11.1 Å². The third-order valence-electron chi connectivity index (χ3n) is 1.06. The third-order valence-corrected chi connectivity index (χ3v) is 1.06. The molecule has 1 aliphatic heterocycles. The van der Waals surface area contributed by atoms with Gasteiger partial charge in [0.25, 0.3) is 0 Å². The monoisotopic (exact) mass is 121 g/mol. The smallest absolute Gasteiger partial charge is 0.105 e. The first-order chi connectivity index (χ1) is 4.43. The van der Waals surface area contributed by atoms with Gasteiger partial charge in [0.15, 0.2) is 0 Å². The molecular formula is C6H7N3. The first-order valence-electron chi connectivity index (χ1n) is 2.73. The first-order valence-corrected chi connectivity index (χ1v) is 2.73.